The van der Waals surface area contributed by atoms with Crippen molar-refractivity contribution < 1.29 is 9.84 Å². The van der Waals surface area contributed by atoms with Crippen molar-refractivity contribution in [3.05, 3.63) is 12.7 Å². The second-order valence-corrected chi connectivity index (χ2v) is 11.6. The summed E-state index contributed by atoms with van der Waals surface area (Å²) >= 11 is 0. The highest BCUT2D eigenvalue weighted by molar-refractivity contribution is 5.10. The molecule has 0 aromatic carbocycles. The van der Waals surface area contributed by atoms with Crippen LogP contribution in [-0.4, -0.2) is 24.4 Å². The van der Waals surface area contributed by atoms with Crippen LogP contribution in [0.15, 0.2) is 12.7 Å². The topological polar surface area (TPSA) is 29.5 Å². The highest BCUT2D eigenvalue weighted by Crippen LogP contribution is 2.68. The smallest absolute Gasteiger partial charge is 0.0574 e. The van der Waals surface area contributed by atoms with E-state index in [9.17, 15) is 5.11 Å². The molecule has 0 aliphatic heterocycles. The predicted molar refractivity (Wildman–Crippen MR) is 121 cm³/mol. The minimum Gasteiger partial charge on any atom is -0.393 e. The SMILES string of the molecule is C=CC[C@H]1C2CC[C@@H]3[C@H](CC[C@]4(C)C(COCCCC)CC[C@@H]34)[C@@]2(C)CC[C@H]1O. The Labute approximate surface area is 179 Å². The lowest BCUT2D eigenvalue weighted by molar-refractivity contribution is -0.152. The first-order chi connectivity index (χ1) is 14.0. The molecule has 4 aliphatic carbocycles. The lowest BCUT2D eigenvalue weighted by Gasteiger charge is -2.62. The number of unbranched alkanes of at least 4 members (excludes halogenated alkanes) is 1. The van der Waals surface area contributed by atoms with E-state index in [0.717, 1.165) is 49.7 Å². The zero-order chi connectivity index (χ0) is 20.6. The first-order valence-electron chi connectivity index (χ1n) is 12.8. The standard InChI is InChI=1S/C27H46O2/c1-5-7-17-29-18-19-9-11-22-20-10-12-23-21(8-6-2)25(28)14-16-27(23,4)24(20)13-15-26(19,22)3/h6,19-25,28H,2,5,7-18H2,1,3-4H3/t19?,20-,21-,22-,23?,24-,25+,26+,27-/m0/s1. The van der Waals surface area contributed by atoms with Crippen molar-refractivity contribution in [1.82, 2.24) is 0 Å². The summed E-state index contributed by atoms with van der Waals surface area (Å²) in [6, 6.07) is 0. The fourth-order valence-electron chi connectivity index (χ4n) is 8.87. The van der Waals surface area contributed by atoms with Gasteiger partial charge in [-0.05, 0) is 111 Å². The van der Waals surface area contributed by atoms with Gasteiger partial charge in [0.15, 0.2) is 0 Å². The van der Waals surface area contributed by atoms with Crippen molar-refractivity contribution >= 4 is 0 Å². The highest BCUT2D eigenvalue weighted by atomic mass is 16.5. The third-order valence-electron chi connectivity index (χ3n) is 10.5. The van der Waals surface area contributed by atoms with Crippen LogP contribution in [0.4, 0.5) is 0 Å². The van der Waals surface area contributed by atoms with Crippen molar-refractivity contribution in [1.29, 1.82) is 0 Å². The first-order valence-corrected chi connectivity index (χ1v) is 12.8. The molecular weight excluding hydrogens is 356 g/mol. The summed E-state index contributed by atoms with van der Waals surface area (Å²) in [7, 11) is 0. The Morgan fingerprint density at radius 3 is 2.45 bits per heavy atom. The molecule has 166 valence electrons. The lowest BCUT2D eigenvalue weighted by Crippen LogP contribution is -2.56. The maximum absolute atomic E-state index is 10.7. The number of hydrogen-bond donors (Lipinski definition) is 1. The molecule has 0 bridgehead atoms. The summed E-state index contributed by atoms with van der Waals surface area (Å²) in [6.07, 6.45) is 16.0. The molecule has 0 aromatic rings. The molecule has 2 nitrogen and oxygen atoms in total. The molecule has 0 saturated heterocycles. The second kappa shape index (κ2) is 8.65. The van der Waals surface area contributed by atoms with E-state index in [4.69, 9.17) is 4.74 Å². The largest absolute Gasteiger partial charge is 0.393 e. The van der Waals surface area contributed by atoms with Crippen LogP contribution in [0.25, 0.3) is 0 Å². The van der Waals surface area contributed by atoms with Gasteiger partial charge in [0.1, 0.15) is 0 Å². The van der Waals surface area contributed by atoms with Crippen molar-refractivity contribution in [2.75, 3.05) is 13.2 Å². The fraction of sp³-hybridized carbons (Fsp3) is 0.926. The fourth-order valence-corrected chi connectivity index (χ4v) is 8.87. The normalized spacial score (nSPS) is 49.2. The molecular formula is C27H46O2. The summed E-state index contributed by atoms with van der Waals surface area (Å²) in [6.45, 7) is 13.4. The molecule has 0 spiro atoms. The van der Waals surface area contributed by atoms with E-state index in [1.807, 2.05) is 0 Å². The molecule has 4 aliphatic rings. The summed E-state index contributed by atoms with van der Waals surface area (Å²) in [5, 5.41) is 10.7. The zero-order valence-electron chi connectivity index (χ0n) is 19.4. The van der Waals surface area contributed by atoms with Gasteiger partial charge in [-0.2, -0.15) is 0 Å². The van der Waals surface area contributed by atoms with E-state index in [-0.39, 0.29) is 6.10 Å². The molecule has 1 N–H and O–H groups in total. The Bertz CT molecular complexity index is 573. The van der Waals surface area contributed by atoms with Gasteiger partial charge in [-0.15, -0.1) is 6.58 Å². The number of ether oxygens (including phenoxy) is 1. The third kappa shape index (κ3) is 3.65. The van der Waals surface area contributed by atoms with Crippen molar-refractivity contribution in [2.24, 2.45) is 46.3 Å². The number of fused-ring (bicyclic) bond motifs is 5. The molecule has 2 unspecified atom stereocenters. The lowest BCUT2D eigenvalue weighted by atomic mass is 9.43. The van der Waals surface area contributed by atoms with Gasteiger partial charge in [-0.3, -0.25) is 0 Å². The minimum atomic E-state index is -0.104. The molecule has 29 heavy (non-hydrogen) atoms. The highest BCUT2D eigenvalue weighted by Gasteiger charge is 2.61. The van der Waals surface area contributed by atoms with Crippen molar-refractivity contribution in [3.8, 4) is 0 Å². The second-order valence-electron chi connectivity index (χ2n) is 11.6. The average molecular weight is 403 g/mol. The Kier molecular flexibility index (Phi) is 6.53. The molecule has 4 fully saturated rings. The van der Waals surface area contributed by atoms with E-state index in [2.05, 4.69) is 33.4 Å². The predicted octanol–water partition coefficient (Wildman–Crippen LogP) is 6.63. The van der Waals surface area contributed by atoms with Gasteiger partial charge in [-0.1, -0.05) is 33.3 Å². The summed E-state index contributed by atoms with van der Waals surface area (Å²) < 4.78 is 6.13. The third-order valence-corrected chi connectivity index (χ3v) is 10.5. The molecule has 4 saturated carbocycles. The van der Waals surface area contributed by atoms with Gasteiger partial charge in [0.05, 0.1) is 6.10 Å². The Morgan fingerprint density at radius 2 is 1.69 bits per heavy atom. The van der Waals surface area contributed by atoms with E-state index in [1.165, 1.54) is 57.8 Å². The van der Waals surface area contributed by atoms with E-state index in [0.29, 0.717) is 22.7 Å². The number of aliphatic hydroxyl groups excluding tert-OH is 1. The van der Waals surface area contributed by atoms with Gasteiger partial charge in [0.2, 0.25) is 0 Å². The maximum atomic E-state index is 10.7. The van der Waals surface area contributed by atoms with Gasteiger partial charge < -0.3 is 9.84 Å². The molecule has 0 heterocycles. The Morgan fingerprint density at radius 1 is 0.966 bits per heavy atom. The molecule has 0 aromatic heterocycles. The van der Waals surface area contributed by atoms with Crippen LogP contribution >= 0.6 is 0 Å². The molecule has 4 rings (SSSR count). The number of rotatable bonds is 7. The molecule has 2 heteroatoms. The number of hydrogen-bond acceptors (Lipinski definition) is 2. The van der Waals surface area contributed by atoms with Gasteiger partial charge in [-0.25, -0.2) is 0 Å². The van der Waals surface area contributed by atoms with Crippen LogP contribution in [0.1, 0.15) is 91.4 Å². The summed E-state index contributed by atoms with van der Waals surface area (Å²) in [5.41, 5.74) is 0.943. The molecule has 0 radical (unpaired) electrons. The van der Waals surface area contributed by atoms with E-state index in [1.54, 1.807) is 0 Å². The van der Waals surface area contributed by atoms with Crippen molar-refractivity contribution in [2.45, 2.75) is 97.5 Å². The van der Waals surface area contributed by atoms with Crippen LogP contribution in [0.5, 0.6) is 0 Å². The monoisotopic (exact) mass is 402 g/mol. The minimum absolute atomic E-state index is 0.104. The maximum Gasteiger partial charge on any atom is 0.0574 e. The van der Waals surface area contributed by atoms with Gasteiger partial charge in [0.25, 0.3) is 0 Å². The van der Waals surface area contributed by atoms with Crippen LogP contribution in [-0.2, 0) is 4.74 Å². The van der Waals surface area contributed by atoms with Crippen LogP contribution in [0, 0.1) is 46.3 Å². The zero-order valence-corrected chi connectivity index (χ0v) is 19.4. The summed E-state index contributed by atoms with van der Waals surface area (Å²) in [4.78, 5) is 0. The van der Waals surface area contributed by atoms with Crippen LogP contribution < -0.4 is 0 Å². The Hall–Kier alpha value is -0.340. The van der Waals surface area contributed by atoms with Crippen LogP contribution in [0.3, 0.4) is 0 Å². The molecule has 0 amide bonds. The van der Waals surface area contributed by atoms with Crippen molar-refractivity contribution in [3.63, 3.8) is 0 Å². The number of allylic oxidation sites excluding steroid dienone is 1. The van der Waals surface area contributed by atoms with Crippen LogP contribution in [0.2, 0.25) is 0 Å². The first kappa shape index (κ1) is 21.9. The van der Waals surface area contributed by atoms with E-state index < -0.39 is 0 Å². The number of aliphatic hydroxyl groups is 1. The van der Waals surface area contributed by atoms with Gasteiger partial charge in [0, 0.05) is 13.2 Å². The van der Waals surface area contributed by atoms with E-state index >= 15 is 0 Å². The average Bonchev–Trinajstić information content (AvgIpc) is 3.04. The van der Waals surface area contributed by atoms with Gasteiger partial charge >= 0.3 is 0 Å². The summed E-state index contributed by atoms with van der Waals surface area (Å²) in [5.74, 6) is 4.61. The quantitative estimate of drug-likeness (QED) is 0.383. The molecule has 9 atom stereocenters. The Balaban J connectivity index is 1.49.